The van der Waals surface area contributed by atoms with Crippen LogP contribution in [0.15, 0.2) is 42.5 Å². The lowest BCUT2D eigenvalue weighted by Gasteiger charge is -2.25. The molecule has 104 valence electrons. The topological polar surface area (TPSA) is 40.5 Å². The van der Waals surface area contributed by atoms with E-state index in [0.29, 0.717) is 17.3 Å². The van der Waals surface area contributed by atoms with Gasteiger partial charge in [0.2, 0.25) is 0 Å². The third kappa shape index (κ3) is 2.94. The van der Waals surface area contributed by atoms with Crippen molar-refractivity contribution in [2.45, 2.75) is 13.8 Å². The maximum Gasteiger partial charge on any atom is 0.337 e. The number of hydrogen-bond acceptors (Lipinski definition) is 2. The van der Waals surface area contributed by atoms with Gasteiger partial charge in [0.25, 0.3) is 0 Å². The van der Waals surface area contributed by atoms with E-state index < -0.39 is 5.97 Å². The summed E-state index contributed by atoms with van der Waals surface area (Å²) in [6.07, 6.45) is 0. The normalized spacial score (nSPS) is 10.3. The standard InChI is InChI=1S/C16H16ClNO2/c1-3-18(13-6-4-5-11(2)9-13)15-8-7-12(17)10-14(15)16(19)20/h4-10H,3H2,1-2H3,(H,19,20). The molecule has 2 rings (SSSR count). The molecule has 0 radical (unpaired) electrons. The summed E-state index contributed by atoms with van der Waals surface area (Å²) in [6, 6.07) is 12.9. The number of aryl methyl sites for hydroxylation is 1. The van der Waals surface area contributed by atoms with Gasteiger partial charge in [0.05, 0.1) is 11.3 Å². The van der Waals surface area contributed by atoms with Crippen LogP contribution in [0.2, 0.25) is 5.02 Å². The van der Waals surface area contributed by atoms with Crippen molar-refractivity contribution >= 4 is 28.9 Å². The minimum atomic E-state index is -0.978. The second-order valence-electron chi connectivity index (χ2n) is 4.55. The number of carboxylic acids is 1. The number of aromatic carboxylic acids is 1. The van der Waals surface area contributed by atoms with Crippen LogP contribution in [0.3, 0.4) is 0 Å². The van der Waals surface area contributed by atoms with E-state index in [9.17, 15) is 9.90 Å². The van der Waals surface area contributed by atoms with Crippen LogP contribution in [-0.4, -0.2) is 17.6 Å². The minimum Gasteiger partial charge on any atom is -0.478 e. The van der Waals surface area contributed by atoms with Gasteiger partial charge in [0.1, 0.15) is 0 Å². The highest BCUT2D eigenvalue weighted by Crippen LogP contribution is 2.30. The Hall–Kier alpha value is -2.00. The summed E-state index contributed by atoms with van der Waals surface area (Å²) in [5.41, 5.74) is 2.96. The SMILES string of the molecule is CCN(c1cccc(C)c1)c1ccc(Cl)cc1C(=O)O. The number of carboxylic acid groups (broad SMARTS) is 1. The lowest BCUT2D eigenvalue weighted by Crippen LogP contribution is -2.19. The molecule has 0 aliphatic carbocycles. The molecule has 2 aromatic carbocycles. The number of halogens is 1. The lowest BCUT2D eigenvalue weighted by atomic mass is 10.1. The van der Waals surface area contributed by atoms with Gasteiger partial charge in [-0.3, -0.25) is 0 Å². The van der Waals surface area contributed by atoms with Crippen LogP contribution in [-0.2, 0) is 0 Å². The molecule has 0 saturated carbocycles. The molecule has 1 N–H and O–H groups in total. The van der Waals surface area contributed by atoms with Crippen molar-refractivity contribution in [1.29, 1.82) is 0 Å². The third-order valence-corrected chi connectivity index (χ3v) is 3.34. The maximum atomic E-state index is 11.4. The van der Waals surface area contributed by atoms with Gasteiger partial charge in [-0.05, 0) is 49.7 Å². The van der Waals surface area contributed by atoms with E-state index in [1.165, 1.54) is 6.07 Å². The summed E-state index contributed by atoms with van der Waals surface area (Å²) in [5, 5.41) is 9.77. The molecule has 0 spiro atoms. The largest absolute Gasteiger partial charge is 0.478 e. The molecule has 0 aliphatic heterocycles. The summed E-state index contributed by atoms with van der Waals surface area (Å²) in [4.78, 5) is 13.4. The molecule has 2 aromatic rings. The first kappa shape index (κ1) is 14.4. The molecule has 0 fully saturated rings. The fourth-order valence-corrected chi connectivity index (χ4v) is 2.37. The number of anilines is 2. The van der Waals surface area contributed by atoms with Gasteiger partial charge in [-0.2, -0.15) is 0 Å². The fraction of sp³-hybridized carbons (Fsp3) is 0.188. The van der Waals surface area contributed by atoms with Crippen molar-refractivity contribution in [3.05, 3.63) is 58.6 Å². The van der Waals surface area contributed by atoms with Gasteiger partial charge in [0, 0.05) is 17.3 Å². The molecule has 0 aromatic heterocycles. The van der Waals surface area contributed by atoms with Gasteiger partial charge in [0.15, 0.2) is 0 Å². The molecule has 0 unspecified atom stereocenters. The predicted octanol–water partition coefficient (Wildman–Crippen LogP) is 4.50. The van der Waals surface area contributed by atoms with Gasteiger partial charge >= 0.3 is 5.97 Å². The Morgan fingerprint density at radius 2 is 2.00 bits per heavy atom. The molecule has 0 atom stereocenters. The van der Waals surface area contributed by atoms with Crippen molar-refractivity contribution in [2.75, 3.05) is 11.4 Å². The van der Waals surface area contributed by atoms with E-state index in [2.05, 4.69) is 0 Å². The first-order valence-corrected chi connectivity index (χ1v) is 6.77. The van der Waals surface area contributed by atoms with Crippen LogP contribution in [0.4, 0.5) is 11.4 Å². The van der Waals surface area contributed by atoms with Crippen LogP contribution >= 0.6 is 11.6 Å². The zero-order valence-corrected chi connectivity index (χ0v) is 12.2. The molecule has 0 aliphatic rings. The molecule has 20 heavy (non-hydrogen) atoms. The fourth-order valence-electron chi connectivity index (χ4n) is 2.20. The van der Waals surface area contributed by atoms with Crippen molar-refractivity contribution in [3.63, 3.8) is 0 Å². The Morgan fingerprint density at radius 3 is 2.60 bits per heavy atom. The van der Waals surface area contributed by atoms with Gasteiger partial charge in [-0.25, -0.2) is 4.79 Å². The zero-order valence-electron chi connectivity index (χ0n) is 11.4. The van der Waals surface area contributed by atoms with Crippen LogP contribution in [0, 0.1) is 6.92 Å². The Morgan fingerprint density at radius 1 is 1.25 bits per heavy atom. The van der Waals surface area contributed by atoms with E-state index >= 15 is 0 Å². The summed E-state index contributed by atoms with van der Waals surface area (Å²) in [7, 11) is 0. The van der Waals surface area contributed by atoms with E-state index in [0.717, 1.165) is 11.3 Å². The highest BCUT2D eigenvalue weighted by atomic mass is 35.5. The Bertz CT molecular complexity index is 640. The van der Waals surface area contributed by atoms with Crippen LogP contribution in [0.1, 0.15) is 22.8 Å². The molecule has 0 bridgehead atoms. The zero-order chi connectivity index (χ0) is 14.7. The van der Waals surface area contributed by atoms with Crippen LogP contribution < -0.4 is 4.90 Å². The summed E-state index contributed by atoms with van der Waals surface area (Å²) < 4.78 is 0. The smallest absolute Gasteiger partial charge is 0.337 e. The molecular weight excluding hydrogens is 274 g/mol. The minimum absolute atomic E-state index is 0.209. The highest BCUT2D eigenvalue weighted by molar-refractivity contribution is 6.31. The first-order chi connectivity index (χ1) is 9.52. The van der Waals surface area contributed by atoms with Gasteiger partial charge in [-0.1, -0.05) is 23.7 Å². The first-order valence-electron chi connectivity index (χ1n) is 6.40. The van der Waals surface area contributed by atoms with E-state index in [-0.39, 0.29) is 5.56 Å². The molecule has 0 amide bonds. The van der Waals surface area contributed by atoms with Crippen molar-refractivity contribution in [1.82, 2.24) is 0 Å². The monoisotopic (exact) mass is 289 g/mol. The molecule has 4 heteroatoms. The summed E-state index contributed by atoms with van der Waals surface area (Å²) >= 11 is 5.90. The van der Waals surface area contributed by atoms with Crippen molar-refractivity contribution in [2.24, 2.45) is 0 Å². The van der Waals surface area contributed by atoms with E-state index in [1.54, 1.807) is 12.1 Å². The Balaban J connectivity index is 2.55. The number of hydrogen-bond donors (Lipinski definition) is 1. The van der Waals surface area contributed by atoms with Crippen LogP contribution in [0.5, 0.6) is 0 Å². The third-order valence-electron chi connectivity index (χ3n) is 3.11. The number of benzene rings is 2. The molecule has 3 nitrogen and oxygen atoms in total. The Kier molecular flexibility index (Phi) is 4.30. The highest BCUT2D eigenvalue weighted by Gasteiger charge is 2.17. The Labute approximate surface area is 123 Å². The lowest BCUT2D eigenvalue weighted by molar-refractivity contribution is 0.0697. The quantitative estimate of drug-likeness (QED) is 0.900. The van der Waals surface area contributed by atoms with E-state index in [1.807, 2.05) is 43.0 Å². The summed E-state index contributed by atoms with van der Waals surface area (Å²) in [5.74, 6) is -0.978. The number of nitrogens with zero attached hydrogens (tertiary/aromatic N) is 1. The maximum absolute atomic E-state index is 11.4. The van der Waals surface area contributed by atoms with E-state index in [4.69, 9.17) is 11.6 Å². The van der Waals surface area contributed by atoms with Gasteiger partial charge < -0.3 is 10.0 Å². The van der Waals surface area contributed by atoms with Crippen molar-refractivity contribution in [3.8, 4) is 0 Å². The molecular formula is C16H16ClNO2. The average molecular weight is 290 g/mol. The second kappa shape index (κ2) is 5.97. The van der Waals surface area contributed by atoms with Crippen LogP contribution in [0.25, 0.3) is 0 Å². The van der Waals surface area contributed by atoms with Crippen molar-refractivity contribution < 1.29 is 9.90 Å². The predicted molar refractivity (Wildman–Crippen MR) is 82.3 cm³/mol. The summed E-state index contributed by atoms with van der Waals surface area (Å²) in [6.45, 7) is 4.67. The molecule has 0 saturated heterocycles. The van der Waals surface area contributed by atoms with Gasteiger partial charge in [-0.15, -0.1) is 0 Å². The molecule has 0 heterocycles. The average Bonchev–Trinajstić information content (AvgIpc) is 2.41. The number of rotatable bonds is 4. The second-order valence-corrected chi connectivity index (χ2v) is 4.99. The number of carbonyl (C=O) groups is 1.